The molecule has 0 aliphatic heterocycles. The standard InChI is InChI=1S/C13H17N3O4S/c1-7(6-20-4)14-10(17)9-5-8-11(18)15(2)13(19)16(3)12(8)21-9/h5,7H,6H2,1-4H3,(H,14,17)/t7-/m0/s1. The summed E-state index contributed by atoms with van der Waals surface area (Å²) in [6.45, 7) is 2.22. The zero-order chi connectivity index (χ0) is 15.7. The van der Waals surface area contributed by atoms with E-state index in [0.29, 0.717) is 21.7 Å². The minimum absolute atomic E-state index is 0.139. The molecule has 7 nitrogen and oxygen atoms in total. The molecule has 1 amide bonds. The predicted octanol–water partition coefficient (Wildman–Crippen LogP) is 0.0634. The van der Waals surface area contributed by atoms with Crippen molar-refractivity contribution >= 4 is 27.5 Å². The molecule has 0 bridgehead atoms. The quantitative estimate of drug-likeness (QED) is 0.866. The van der Waals surface area contributed by atoms with Gasteiger partial charge in [0.15, 0.2) is 0 Å². The smallest absolute Gasteiger partial charge is 0.331 e. The molecule has 0 spiro atoms. The number of ether oxygens (including phenoxy) is 1. The van der Waals surface area contributed by atoms with Gasteiger partial charge in [-0.2, -0.15) is 0 Å². The highest BCUT2D eigenvalue weighted by atomic mass is 32.1. The van der Waals surface area contributed by atoms with Gasteiger partial charge < -0.3 is 10.1 Å². The van der Waals surface area contributed by atoms with Crippen LogP contribution in [0.25, 0.3) is 10.2 Å². The van der Waals surface area contributed by atoms with Crippen LogP contribution in [0.1, 0.15) is 16.6 Å². The zero-order valence-electron chi connectivity index (χ0n) is 12.3. The summed E-state index contributed by atoms with van der Waals surface area (Å²) in [7, 11) is 4.56. The van der Waals surface area contributed by atoms with Gasteiger partial charge in [-0.25, -0.2) is 4.79 Å². The predicted molar refractivity (Wildman–Crippen MR) is 81.1 cm³/mol. The van der Waals surface area contributed by atoms with Crippen LogP contribution in [0.15, 0.2) is 15.7 Å². The number of aromatic nitrogens is 2. The van der Waals surface area contributed by atoms with Gasteiger partial charge in [0.1, 0.15) is 4.83 Å². The van der Waals surface area contributed by atoms with Crippen molar-refractivity contribution in [1.29, 1.82) is 0 Å². The molecule has 0 aromatic carbocycles. The van der Waals surface area contributed by atoms with E-state index in [0.717, 1.165) is 15.9 Å². The minimum atomic E-state index is -0.408. The molecule has 114 valence electrons. The first-order valence-corrected chi connectivity index (χ1v) is 7.17. The van der Waals surface area contributed by atoms with E-state index in [1.54, 1.807) is 14.2 Å². The van der Waals surface area contributed by atoms with Crippen LogP contribution in [0.5, 0.6) is 0 Å². The third kappa shape index (κ3) is 2.77. The molecule has 2 rings (SSSR count). The molecule has 1 atom stereocenters. The van der Waals surface area contributed by atoms with Gasteiger partial charge in [-0.3, -0.25) is 18.7 Å². The molecular formula is C13H17N3O4S. The van der Waals surface area contributed by atoms with E-state index in [4.69, 9.17) is 4.74 Å². The van der Waals surface area contributed by atoms with Gasteiger partial charge in [-0.15, -0.1) is 11.3 Å². The Bertz CT molecular complexity index is 802. The number of thiophene rings is 1. The first-order chi connectivity index (χ1) is 9.86. The lowest BCUT2D eigenvalue weighted by atomic mass is 10.3. The largest absolute Gasteiger partial charge is 0.383 e. The molecule has 0 saturated heterocycles. The van der Waals surface area contributed by atoms with E-state index < -0.39 is 11.2 Å². The molecule has 8 heteroatoms. The number of nitrogens with one attached hydrogen (secondary N) is 1. The number of fused-ring (bicyclic) bond motifs is 1. The maximum Gasteiger partial charge on any atom is 0.331 e. The lowest BCUT2D eigenvalue weighted by molar-refractivity contribution is 0.0909. The number of methoxy groups -OCH3 is 1. The Balaban J connectivity index is 2.47. The van der Waals surface area contributed by atoms with E-state index in [1.165, 1.54) is 17.7 Å². The van der Waals surface area contributed by atoms with E-state index in [-0.39, 0.29) is 11.9 Å². The van der Waals surface area contributed by atoms with Gasteiger partial charge in [0.2, 0.25) is 0 Å². The molecule has 0 unspecified atom stereocenters. The first-order valence-electron chi connectivity index (χ1n) is 6.36. The second-order valence-corrected chi connectivity index (χ2v) is 5.90. The monoisotopic (exact) mass is 311 g/mol. The van der Waals surface area contributed by atoms with Gasteiger partial charge in [-0.1, -0.05) is 0 Å². The fourth-order valence-electron chi connectivity index (χ4n) is 2.06. The lowest BCUT2D eigenvalue weighted by Gasteiger charge is -2.11. The molecule has 0 aliphatic rings. The molecule has 0 fully saturated rings. The molecule has 2 heterocycles. The normalized spacial score (nSPS) is 12.6. The van der Waals surface area contributed by atoms with Crippen molar-refractivity contribution in [3.05, 3.63) is 31.8 Å². The Morgan fingerprint density at radius 1 is 1.38 bits per heavy atom. The highest BCUT2D eigenvalue weighted by molar-refractivity contribution is 7.20. The Hall–Kier alpha value is -1.93. The molecule has 0 radical (unpaired) electrons. The fourth-order valence-corrected chi connectivity index (χ4v) is 3.07. The van der Waals surface area contributed by atoms with E-state index in [1.807, 2.05) is 6.92 Å². The third-order valence-corrected chi connectivity index (χ3v) is 4.35. The van der Waals surface area contributed by atoms with Gasteiger partial charge in [0, 0.05) is 27.2 Å². The van der Waals surface area contributed by atoms with Crippen molar-refractivity contribution in [3.63, 3.8) is 0 Å². The molecule has 1 N–H and O–H groups in total. The molecule has 2 aromatic rings. The average molecular weight is 311 g/mol. The van der Waals surface area contributed by atoms with Crippen LogP contribution in [-0.4, -0.2) is 34.8 Å². The van der Waals surface area contributed by atoms with Crippen LogP contribution in [-0.2, 0) is 18.8 Å². The van der Waals surface area contributed by atoms with Crippen molar-refractivity contribution in [2.24, 2.45) is 14.1 Å². The minimum Gasteiger partial charge on any atom is -0.383 e. The summed E-state index contributed by atoms with van der Waals surface area (Å²) >= 11 is 1.13. The number of carbonyl (C=O) groups is 1. The van der Waals surface area contributed by atoms with Crippen molar-refractivity contribution in [2.45, 2.75) is 13.0 Å². The summed E-state index contributed by atoms with van der Waals surface area (Å²) in [6, 6.07) is 1.38. The first kappa shape index (κ1) is 15.5. The van der Waals surface area contributed by atoms with Gasteiger partial charge >= 0.3 is 5.69 Å². The lowest BCUT2D eigenvalue weighted by Crippen LogP contribution is -2.36. The van der Waals surface area contributed by atoms with Gasteiger partial charge in [0.05, 0.1) is 16.9 Å². The number of amides is 1. The van der Waals surface area contributed by atoms with Crippen molar-refractivity contribution in [1.82, 2.24) is 14.5 Å². The fraction of sp³-hybridized carbons (Fsp3) is 0.462. The summed E-state index contributed by atoms with van der Waals surface area (Å²) in [5.41, 5.74) is -0.803. The van der Waals surface area contributed by atoms with Crippen LogP contribution in [0.4, 0.5) is 0 Å². The maximum absolute atomic E-state index is 12.1. The highest BCUT2D eigenvalue weighted by Crippen LogP contribution is 2.21. The summed E-state index contributed by atoms with van der Waals surface area (Å²) in [5, 5.41) is 3.15. The summed E-state index contributed by atoms with van der Waals surface area (Å²) in [6.07, 6.45) is 0. The summed E-state index contributed by atoms with van der Waals surface area (Å²) in [4.78, 5) is 37.0. The van der Waals surface area contributed by atoms with Crippen LogP contribution < -0.4 is 16.6 Å². The summed E-state index contributed by atoms with van der Waals surface area (Å²) < 4.78 is 7.36. The van der Waals surface area contributed by atoms with Crippen LogP contribution >= 0.6 is 11.3 Å². The topological polar surface area (TPSA) is 82.3 Å². The Morgan fingerprint density at radius 2 is 2.05 bits per heavy atom. The molecule has 2 aromatic heterocycles. The number of hydrogen-bond acceptors (Lipinski definition) is 5. The molecular weight excluding hydrogens is 294 g/mol. The molecule has 0 aliphatic carbocycles. The number of carbonyl (C=O) groups excluding carboxylic acids is 1. The van der Waals surface area contributed by atoms with Gasteiger partial charge in [-0.05, 0) is 13.0 Å². The SMILES string of the molecule is COC[C@H](C)NC(=O)c1cc2c(=O)n(C)c(=O)n(C)c2s1. The second-order valence-electron chi connectivity index (χ2n) is 4.87. The summed E-state index contributed by atoms with van der Waals surface area (Å²) in [5.74, 6) is -0.282. The van der Waals surface area contributed by atoms with Crippen molar-refractivity contribution in [2.75, 3.05) is 13.7 Å². The van der Waals surface area contributed by atoms with Crippen LogP contribution in [0, 0.1) is 0 Å². The Kier molecular flexibility index (Phi) is 4.29. The number of rotatable bonds is 4. The number of aryl methyl sites for hydroxylation is 1. The number of hydrogen-bond donors (Lipinski definition) is 1. The van der Waals surface area contributed by atoms with Gasteiger partial charge in [0.25, 0.3) is 11.5 Å². The zero-order valence-corrected chi connectivity index (χ0v) is 13.1. The van der Waals surface area contributed by atoms with Crippen LogP contribution in [0.2, 0.25) is 0 Å². The number of nitrogens with zero attached hydrogens (tertiary/aromatic N) is 2. The van der Waals surface area contributed by atoms with Crippen molar-refractivity contribution < 1.29 is 9.53 Å². The second kappa shape index (κ2) is 5.82. The van der Waals surface area contributed by atoms with Crippen molar-refractivity contribution in [3.8, 4) is 0 Å². The molecule has 21 heavy (non-hydrogen) atoms. The Morgan fingerprint density at radius 3 is 2.67 bits per heavy atom. The van der Waals surface area contributed by atoms with E-state index in [2.05, 4.69) is 5.32 Å². The Labute approximate surface area is 124 Å². The third-order valence-electron chi connectivity index (χ3n) is 3.14. The maximum atomic E-state index is 12.1. The van der Waals surface area contributed by atoms with E-state index in [9.17, 15) is 14.4 Å². The van der Waals surface area contributed by atoms with Crippen LogP contribution in [0.3, 0.4) is 0 Å². The average Bonchev–Trinajstić information content (AvgIpc) is 2.88. The van der Waals surface area contributed by atoms with E-state index >= 15 is 0 Å². The highest BCUT2D eigenvalue weighted by Gasteiger charge is 2.17. The molecule has 0 saturated carbocycles.